The summed E-state index contributed by atoms with van der Waals surface area (Å²) in [6.07, 6.45) is 3.91. The first-order valence-electron chi connectivity index (χ1n) is 9.60. The molecule has 0 radical (unpaired) electrons. The van der Waals surface area contributed by atoms with Gasteiger partial charge in [0.2, 0.25) is 11.8 Å². The Labute approximate surface area is 181 Å². The zero-order valence-electron chi connectivity index (χ0n) is 16.1. The molecular weight excluding hydrogens is 416 g/mol. The zero-order valence-corrected chi connectivity index (χ0v) is 17.7. The number of amides is 2. The molecule has 150 valence electrons. The number of anilines is 1. The van der Waals surface area contributed by atoms with Gasteiger partial charge in [-0.05, 0) is 24.6 Å². The fourth-order valence-electron chi connectivity index (χ4n) is 3.99. The highest BCUT2D eigenvalue weighted by Gasteiger charge is 2.55. The number of aryl methyl sites for hydroxylation is 1. The van der Waals surface area contributed by atoms with Crippen molar-refractivity contribution in [3.63, 3.8) is 0 Å². The van der Waals surface area contributed by atoms with Gasteiger partial charge in [-0.15, -0.1) is 0 Å². The van der Waals surface area contributed by atoms with Crippen molar-refractivity contribution >= 4 is 46.7 Å². The van der Waals surface area contributed by atoms with Crippen LogP contribution in [0.4, 0.5) is 5.69 Å². The molecule has 3 atom stereocenters. The number of rotatable bonds is 3. The van der Waals surface area contributed by atoms with Crippen LogP contribution in [-0.4, -0.2) is 22.0 Å². The predicted octanol–water partition coefficient (Wildman–Crippen LogP) is 4.21. The van der Waals surface area contributed by atoms with Crippen molar-refractivity contribution < 1.29 is 9.59 Å². The minimum Gasteiger partial charge on any atom is -0.307 e. The van der Waals surface area contributed by atoms with Crippen molar-refractivity contribution in [1.82, 2.24) is 4.98 Å². The van der Waals surface area contributed by atoms with Crippen LogP contribution in [0, 0.1) is 12.8 Å². The summed E-state index contributed by atoms with van der Waals surface area (Å²) in [4.78, 5) is 43.5. The van der Waals surface area contributed by atoms with Gasteiger partial charge in [0, 0.05) is 10.8 Å². The van der Waals surface area contributed by atoms with Crippen molar-refractivity contribution in [3.8, 4) is 0 Å². The van der Waals surface area contributed by atoms with Crippen molar-refractivity contribution in [2.45, 2.75) is 23.1 Å². The highest BCUT2D eigenvalue weighted by Crippen LogP contribution is 2.51. The van der Waals surface area contributed by atoms with E-state index in [9.17, 15) is 14.4 Å². The Balaban J connectivity index is 1.57. The minimum atomic E-state index is -0.554. The molecule has 2 aromatic carbocycles. The Bertz CT molecular complexity index is 1210. The average molecular weight is 435 g/mol. The Morgan fingerprint density at radius 3 is 2.43 bits per heavy atom. The summed E-state index contributed by atoms with van der Waals surface area (Å²) in [5, 5.41) is 0.142. The van der Waals surface area contributed by atoms with Crippen LogP contribution in [0.15, 0.2) is 70.5 Å². The van der Waals surface area contributed by atoms with Crippen molar-refractivity contribution in [2.75, 3.05) is 4.90 Å². The summed E-state index contributed by atoms with van der Waals surface area (Å²) in [7, 11) is 0. The molecule has 7 heteroatoms. The lowest BCUT2D eigenvalue weighted by Gasteiger charge is -2.27. The van der Waals surface area contributed by atoms with Gasteiger partial charge in [-0.25, -0.2) is 4.90 Å². The van der Waals surface area contributed by atoms with E-state index in [0.29, 0.717) is 10.7 Å². The Morgan fingerprint density at radius 1 is 0.967 bits per heavy atom. The number of allylic oxidation sites excluding steroid dienone is 1. The number of aromatic nitrogens is 1. The fourth-order valence-corrected chi connectivity index (χ4v) is 6.48. The lowest BCUT2D eigenvalue weighted by molar-refractivity contribution is -0.122. The van der Waals surface area contributed by atoms with Crippen LogP contribution < -0.4 is 9.77 Å². The zero-order chi connectivity index (χ0) is 20.8. The molecule has 0 unspecified atom stereocenters. The van der Waals surface area contributed by atoms with Gasteiger partial charge in [0.25, 0.3) is 0 Å². The smallest absolute Gasteiger partial charge is 0.305 e. The van der Waals surface area contributed by atoms with Crippen LogP contribution in [-0.2, 0) is 9.59 Å². The van der Waals surface area contributed by atoms with E-state index in [-0.39, 0.29) is 22.6 Å². The molecule has 5 rings (SSSR count). The third kappa shape index (κ3) is 3.14. The maximum atomic E-state index is 13.4. The largest absolute Gasteiger partial charge is 0.307 e. The lowest BCUT2D eigenvalue weighted by Crippen LogP contribution is -2.31. The van der Waals surface area contributed by atoms with E-state index >= 15 is 0 Å². The number of imide groups is 1. The highest BCUT2D eigenvalue weighted by molar-refractivity contribution is 8.00. The number of carbonyl (C=O) groups excluding carboxylic acids is 2. The maximum Gasteiger partial charge on any atom is 0.305 e. The summed E-state index contributed by atoms with van der Waals surface area (Å²) < 4.78 is 0. The molecule has 2 aliphatic rings. The number of nitrogens with one attached hydrogen (secondary N) is 1. The first kappa shape index (κ1) is 19.1. The fraction of sp³-hybridized carbons (Fsp3) is 0.174. The number of aromatic amines is 1. The number of hydrogen-bond donors (Lipinski definition) is 1. The molecule has 30 heavy (non-hydrogen) atoms. The standard InChI is InChI=1S/C23H18N2O3S2/c1-13-7-10-15(11-8-13)25-21(26)17-16(12-9-14-5-3-2-4-6-14)18-20(24-23(28)30-18)29-19(17)22(25)27/h2-12,16-17,19H,1H3,(H,24,28)/b12-9+/t16-,17-,19+/m1/s1. The van der Waals surface area contributed by atoms with Gasteiger partial charge in [-0.1, -0.05) is 83.3 Å². The first-order valence-corrected chi connectivity index (χ1v) is 11.3. The Hall–Kier alpha value is -2.90. The molecule has 0 aliphatic carbocycles. The van der Waals surface area contributed by atoms with Crippen molar-refractivity contribution in [1.29, 1.82) is 0 Å². The summed E-state index contributed by atoms with van der Waals surface area (Å²) >= 11 is 2.42. The second kappa shape index (κ2) is 7.41. The second-order valence-electron chi connectivity index (χ2n) is 7.42. The molecule has 2 amide bonds. The minimum absolute atomic E-state index is 0.166. The number of carbonyl (C=O) groups is 2. The Morgan fingerprint density at radius 2 is 1.70 bits per heavy atom. The molecule has 2 aliphatic heterocycles. The topological polar surface area (TPSA) is 70.2 Å². The number of benzene rings is 2. The van der Waals surface area contributed by atoms with Gasteiger partial charge in [0.05, 0.1) is 16.6 Å². The quantitative estimate of drug-likeness (QED) is 0.627. The third-order valence-corrected chi connectivity index (χ3v) is 7.88. The number of nitrogens with zero attached hydrogens (tertiary/aromatic N) is 1. The van der Waals surface area contributed by atoms with Crippen LogP contribution >= 0.6 is 23.1 Å². The monoisotopic (exact) mass is 434 g/mol. The number of hydrogen-bond acceptors (Lipinski definition) is 5. The summed E-state index contributed by atoms with van der Waals surface area (Å²) in [6, 6.07) is 17.2. The van der Waals surface area contributed by atoms with Crippen LogP contribution in [0.5, 0.6) is 0 Å². The molecule has 5 nitrogen and oxygen atoms in total. The van der Waals surface area contributed by atoms with Crippen LogP contribution in [0.1, 0.15) is 21.9 Å². The van der Waals surface area contributed by atoms with E-state index in [1.54, 1.807) is 12.1 Å². The van der Waals surface area contributed by atoms with E-state index in [4.69, 9.17) is 0 Å². The second-order valence-corrected chi connectivity index (χ2v) is 9.58. The van der Waals surface area contributed by atoms with Gasteiger partial charge in [-0.3, -0.25) is 14.4 Å². The first-order chi connectivity index (χ1) is 14.5. The van der Waals surface area contributed by atoms with Crippen molar-refractivity contribution in [3.05, 3.63) is 86.3 Å². The average Bonchev–Trinajstić information content (AvgIpc) is 3.24. The molecular formula is C23H18N2O3S2. The molecule has 1 fully saturated rings. The molecule has 1 aromatic heterocycles. The lowest BCUT2D eigenvalue weighted by atomic mass is 9.88. The summed E-state index contributed by atoms with van der Waals surface area (Å²) in [6.45, 7) is 1.96. The van der Waals surface area contributed by atoms with Gasteiger partial charge in [0.15, 0.2) is 0 Å². The van der Waals surface area contributed by atoms with E-state index in [1.165, 1.54) is 16.7 Å². The number of thioether (sulfide) groups is 1. The molecule has 0 bridgehead atoms. The number of H-pyrrole nitrogens is 1. The molecule has 1 N–H and O–H groups in total. The van der Waals surface area contributed by atoms with Crippen LogP contribution in [0.25, 0.3) is 6.08 Å². The number of fused-ring (bicyclic) bond motifs is 2. The van der Waals surface area contributed by atoms with E-state index in [0.717, 1.165) is 27.3 Å². The molecule has 3 aromatic rings. The number of thiazole rings is 1. The predicted molar refractivity (Wildman–Crippen MR) is 120 cm³/mol. The van der Waals surface area contributed by atoms with E-state index in [1.807, 2.05) is 61.5 Å². The van der Waals surface area contributed by atoms with E-state index in [2.05, 4.69) is 4.98 Å². The molecule has 0 spiro atoms. The van der Waals surface area contributed by atoms with Gasteiger partial charge < -0.3 is 4.98 Å². The SMILES string of the molecule is Cc1ccc(N2C(=O)[C@H]3[C@H](Sc4[nH]c(=O)sc4[C@@H]3/C=C/c3ccccc3)C2=O)cc1. The molecule has 0 saturated carbocycles. The van der Waals surface area contributed by atoms with E-state index < -0.39 is 11.2 Å². The van der Waals surface area contributed by atoms with Crippen LogP contribution in [0.2, 0.25) is 0 Å². The Kier molecular flexibility index (Phi) is 4.72. The van der Waals surface area contributed by atoms with Gasteiger partial charge in [-0.2, -0.15) is 0 Å². The molecule has 1 saturated heterocycles. The summed E-state index contributed by atoms with van der Waals surface area (Å²) in [5.74, 6) is -1.31. The highest BCUT2D eigenvalue weighted by atomic mass is 32.2. The van der Waals surface area contributed by atoms with Gasteiger partial charge >= 0.3 is 4.87 Å². The maximum absolute atomic E-state index is 13.4. The third-order valence-electron chi connectivity index (χ3n) is 5.46. The normalized spacial score (nSPS) is 23.1. The molecule has 3 heterocycles. The van der Waals surface area contributed by atoms with Crippen LogP contribution in [0.3, 0.4) is 0 Å². The summed E-state index contributed by atoms with van der Waals surface area (Å²) in [5.41, 5.74) is 2.66. The van der Waals surface area contributed by atoms with Crippen molar-refractivity contribution in [2.24, 2.45) is 5.92 Å². The van der Waals surface area contributed by atoms with Gasteiger partial charge in [0.1, 0.15) is 5.25 Å².